The van der Waals surface area contributed by atoms with Crippen molar-refractivity contribution in [2.75, 3.05) is 6.54 Å². The van der Waals surface area contributed by atoms with Crippen LogP contribution in [0, 0.1) is 4.77 Å². The Kier molecular flexibility index (Phi) is 4.51. The van der Waals surface area contributed by atoms with Crippen LogP contribution in [0.25, 0.3) is 5.69 Å². The lowest BCUT2D eigenvalue weighted by Crippen LogP contribution is -2.43. The number of nitrogens with one attached hydrogen (secondary N) is 1. The van der Waals surface area contributed by atoms with Crippen LogP contribution >= 0.6 is 12.2 Å². The van der Waals surface area contributed by atoms with Crippen LogP contribution in [0.4, 0.5) is 4.79 Å². The second-order valence-corrected chi connectivity index (χ2v) is 7.40. The molecule has 0 saturated heterocycles. The number of aromatic nitrogens is 2. The summed E-state index contributed by atoms with van der Waals surface area (Å²) >= 11 is 5.36. The SMILES string of the molecule is CC(C)(C)OC(=O)N1CCc2[nH]c(=S)n(-c3ccccc3)c(=O)c2C1. The van der Waals surface area contributed by atoms with Crippen LogP contribution in [0.15, 0.2) is 35.1 Å². The first-order valence-corrected chi connectivity index (χ1v) is 8.57. The molecule has 0 unspecified atom stereocenters. The van der Waals surface area contributed by atoms with Crippen molar-refractivity contribution in [1.82, 2.24) is 14.5 Å². The van der Waals surface area contributed by atoms with Crippen LogP contribution in [-0.2, 0) is 17.7 Å². The molecule has 1 aromatic carbocycles. The molecule has 1 N–H and O–H groups in total. The zero-order chi connectivity index (χ0) is 18.2. The number of amides is 1. The van der Waals surface area contributed by atoms with E-state index in [-0.39, 0.29) is 12.1 Å². The molecule has 7 heteroatoms. The lowest BCUT2D eigenvalue weighted by atomic mass is 10.1. The van der Waals surface area contributed by atoms with Crippen molar-refractivity contribution in [3.63, 3.8) is 0 Å². The van der Waals surface area contributed by atoms with Crippen molar-refractivity contribution in [3.8, 4) is 5.69 Å². The van der Waals surface area contributed by atoms with Crippen molar-refractivity contribution in [2.45, 2.75) is 39.3 Å². The van der Waals surface area contributed by atoms with Crippen molar-refractivity contribution >= 4 is 18.3 Å². The third kappa shape index (κ3) is 3.66. The highest BCUT2D eigenvalue weighted by Crippen LogP contribution is 2.18. The Morgan fingerprint density at radius 2 is 1.92 bits per heavy atom. The summed E-state index contributed by atoms with van der Waals surface area (Å²) in [6.07, 6.45) is 0.134. The summed E-state index contributed by atoms with van der Waals surface area (Å²) in [5.74, 6) is 0. The topological polar surface area (TPSA) is 67.3 Å². The Morgan fingerprint density at radius 3 is 2.56 bits per heavy atom. The number of aromatic amines is 1. The average Bonchev–Trinajstić information content (AvgIpc) is 2.54. The Labute approximate surface area is 151 Å². The number of nitrogens with zero attached hydrogens (tertiary/aromatic N) is 2. The van der Waals surface area contributed by atoms with E-state index in [2.05, 4.69) is 4.98 Å². The van der Waals surface area contributed by atoms with Crippen LogP contribution in [0.1, 0.15) is 32.0 Å². The Balaban J connectivity index is 1.98. The number of hydrogen-bond donors (Lipinski definition) is 1. The fourth-order valence-corrected chi connectivity index (χ4v) is 3.12. The molecule has 132 valence electrons. The third-order valence-corrected chi connectivity index (χ3v) is 4.22. The van der Waals surface area contributed by atoms with Gasteiger partial charge >= 0.3 is 6.09 Å². The second kappa shape index (κ2) is 6.48. The molecule has 1 aliphatic heterocycles. The van der Waals surface area contributed by atoms with E-state index in [9.17, 15) is 9.59 Å². The van der Waals surface area contributed by atoms with Gasteiger partial charge in [-0.05, 0) is 45.1 Å². The van der Waals surface area contributed by atoms with Crippen molar-refractivity contribution in [2.24, 2.45) is 0 Å². The summed E-state index contributed by atoms with van der Waals surface area (Å²) in [6.45, 7) is 6.16. The Bertz CT molecular complexity index is 910. The molecule has 0 radical (unpaired) electrons. The summed E-state index contributed by atoms with van der Waals surface area (Å²) in [4.78, 5) is 30.0. The molecule has 1 amide bonds. The molecule has 0 fully saturated rings. The van der Waals surface area contributed by atoms with E-state index in [0.717, 1.165) is 5.69 Å². The summed E-state index contributed by atoms with van der Waals surface area (Å²) in [5.41, 5.74) is 1.28. The van der Waals surface area contributed by atoms with E-state index in [0.29, 0.717) is 29.0 Å². The number of ether oxygens (including phenoxy) is 1. The third-order valence-electron chi connectivity index (χ3n) is 3.93. The van der Waals surface area contributed by atoms with Gasteiger partial charge in [-0.25, -0.2) is 4.79 Å². The molecule has 2 aromatic rings. The zero-order valence-electron chi connectivity index (χ0n) is 14.5. The molecular weight excluding hydrogens is 338 g/mol. The van der Waals surface area contributed by atoms with E-state index in [1.165, 1.54) is 4.57 Å². The van der Waals surface area contributed by atoms with Crippen LogP contribution in [0.2, 0.25) is 0 Å². The van der Waals surface area contributed by atoms with Crippen LogP contribution in [0.3, 0.4) is 0 Å². The molecule has 6 nitrogen and oxygen atoms in total. The van der Waals surface area contributed by atoms with Gasteiger partial charge in [0.25, 0.3) is 5.56 Å². The van der Waals surface area contributed by atoms with Crippen molar-refractivity contribution in [3.05, 3.63) is 56.7 Å². The minimum Gasteiger partial charge on any atom is -0.444 e. The second-order valence-electron chi connectivity index (χ2n) is 7.02. The summed E-state index contributed by atoms with van der Waals surface area (Å²) in [7, 11) is 0. The van der Waals surface area contributed by atoms with Gasteiger partial charge in [-0.1, -0.05) is 18.2 Å². The maximum absolute atomic E-state index is 13.0. The molecule has 25 heavy (non-hydrogen) atoms. The van der Waals surface area contributed by atoms with Crippen LogP contribution in [0.5, 0.6) is 0 Å². The van der Waals surface area contributed by atoms with Gasteiger partial charge in [-0.15, -0.1) is 0 Å². The molecule has 0 aliphatic carbocycles. The number of rotatable bonds is 1. The highest BCUT2D eigenvalue weighted by Gasteiger charge is 2.28. The fraction of sp³-hybridized carbons (Fsp3) is 0.389. The molecule has 3 rings (SSSR count). The molecule has 0 spiro atoms. The lowest BCUT2D eigenvalue weighted by molar-refractivity contribution is 0.0221. The monoisotopic (exact) mass is 359 g/mol. The normalized spacial score (nSPS) is 14.1. The molecule has 1 aliphatic rings. The number of H-pyrrole nitrogens is 1. The standard InChI is InChI=1S/C18H21N3O3S/c1-18(2,3)24-17(23)20-10-9-14-13(11-20)15(22)21(16(25)19-14)12-7-5-4-6-8-12/h4-8H,9-11H2,1-3H3,(H,19,25). The minimum atomic E-state index is -0.571. The molecule has 1 aromatic heterocycles. The lowest BCUT2D eigenvalue weighted by Gasteiger charge is -2.31. The van der Waals surface area contributed by atoms with Crippen molar-refractivity contribution < 1.29 is 9.53 Å². The van der Waals surface area contributed by atoms with E-state index < -0.39 is 11.7 Å². The van der Waals surface area contributed by atoms with Gasteiger partial charge in [0.2, 0.25) is 0 Å². The predicted octanol–water partition coefficient (Wildman–Crippen LogP) is 3.19. The smallest absolute Gasteiger partial charge is 0.410 e. The number of carbonyl (C=O) groups is 1. The fourth-order valence-electron chi connectivity index (χ4n) is 2.80. The quantitative estimate of drug-likeness (QED) is 0.794. The maximum atomic E-state index is 13.0. The first-order chi connectivity index (χ1) is 11.8. The van der Waals surface area contributed by atoms with Gasteiger partial charge in [0.1, 0.15) is 5.60 Å². The average molecular weight is 359 g/mol. The van der Waals surface area contributed by atoms with Crippen LogP contribution in [-0.4, -0.2) is 32.7 Å². The van der Waals surface area contributed by atoms with E-state index in [1.807, 2.05) is 51.1 Å². The number of benzene rings is 1. The van der Waals surface area contributed by atoms with Crippen molar-refractivity contribution in [1.29, 1.82) is 0 Å². The van der Waals surface area contributed by atoms with Gasteiger partial charge in [0.15, 0.2) is 4.77 Å². The molecular formula is C18H21N3O3S. The zero-order valence-corrected chi connectivity index (χ0v) is 15.4. The Morgan fingerprint density at radius 1 is 1.24 bits per heavy atom. The highest BCUT2D eigenvalue weighted by atomic mass is 32.1. The van der Waals surface area contributed by atoms with E-state index in [4.69, 9.17) is 17.0 Å². The number of hydrogen-bond acceptors (Lipinski definition) is 4. The summed E-state index contributed by atoms with van der Waals surface area (Å²) in [6, 6.07) is 9.23. The summed E-state index contributed by atoms with van der Waals surface area (Å²) < 4.78 is 7.24. The van der Waals surface area contributed by atoms with Gasteiger partial charge in [0, 0.05) is 18.7 Å². The van der Waals surface area contributed by atoms with Gasteiger partial charge in [-0.2, -0.15) is 0 Å². The molecule has 0 saturated carbocycles. The molecule has 2 heterocycles. The molecule has 0 atom stereocenters. The van der Waals surface area contributed by atoms with E-state index in [1.54, 1.807) is 4.90 Å². The van der Waals surface area contributed by atoms with E-state index >= 15 is 0 Å². The molecule has 0 bridgehead atoms. The number of para-hydroxylation sites is 1. The minimum absolute atomic E-state index is 0.196. The van der Waals surface area contributed by atoms with Crippen LogP contribution < -0.4 is 5.56 Å². The largest absolute Gasteiger partial charge is 0.444 e. The number of fused-ring (bicyclic) bond motifs is 1. The predicted molar refractivity (Wildman–Crippen MR) is 97.6 cm³/mol. The maximum Gasteiger partial charge on any atom is 0.410 e. The first-order valence-electron chi connectivity index (χ1n) is 8.17. The highest BCUT2D eigenvalue weighted by molar-refractivity contribution is 7.71. The van der Waals surface area contributed by atoms with Gasteiger partial charge in [0.05, 0.1) is 17.8 Å². The van der Waals surface area contributed by atoms with Gasteiger partial charge < -0.3 is 14.6 Å². The van der Waals surface area contributed by atoms with Gasteiger partial charge in [-0.3, -0.25) is 9.36 Å². The Hall–Kier alpha value is -2.41. The summed E-state index contributed by atoms with van der Waals surface area (Å²) in [5, 5.41) is 0. The number of carbonyl (C=O) groups excluding carboxylic acids is 1. The first kappa shape index (κ1) is 17.4.